The van der Waals surface area contributed by atoms with Crippen LogP contribution in [-0.4, -0.2) is 75.5 Å². The largest absolute Gasteiger partial charge is 0.412 e. The molecule has 1 saturated heterocycles. The molecule has 0 radical (unpaired) electrons. The second-order valence-electron chi connectivity index (χ2n) is 4.38. The van der Waals surface area contributed by atoms with Crippen molar-refractivity contribution < 1.29 is 19.9 Å². The van der Waals surface area contributed by atoms with Crippen LogP contribution in [-0.2, 0) is 9.59 Å². The number of Topliss-reactive ketones (excluding diaryl/α,β-unsaturated/α-hetero) is 1. The second kappa shape index (κ2) is 5.25. The van der Waals surface area contributed by atoms with Gasteiger partial charge in [-0.1, -0.05) is 0 Å². The highest BCUT2D eigenvalue weighted by molar-refractivity contribution is 9.18. The highest BCUT2D eigenvalue weighted by atomic mass is 79.9. The molecule has 1 fully saturated rings. The normalized spacial score (nSPS) is 26.1. The van der Waals surface area contributed by atoms with Crippen LogP contribution in [0.4, 0.5) is 4.79 Å². The molecule has 19 heavy (non-hydrogen) atoms. The Balaban J connectivity index is 0.00000180. The van der Waals surface area contributed by atoms with Crippen molar-refractivity contribution in [1.29, 1.82) is 0 Å². The average molecular weight is 335 g/mol. The van der Waals surface area contributed by atoms with Gasteiger partial charge in [0.15, 0.2) is 17.0 Å². The van der Waals surface area contributed by atoms with Crippen molar-refractivity contribution in [2.24, 2.45) is 4.99 Å². The van der Waals surface area contributed by atoms with Crippen LogP contribution < -0.4 is 0 Å². The number of rotatable bonds is 2. The molecule has 2 aliphatic heterocycles. The third kappa shape index (κ3) is 2.35. The molecule has 2 rings (SSSR count). The first-order chi connectivity index (χ1) is 8.34. The van der Waals surface area contributed by atoms with E-state index in [4.69, 9.17) is 0 Å². The average Bonchev–Trinajstić information content (AvgIpc) is 2.61. The number of carbonyl (C=O) groups is 3. The molecule has 0 aromatic carbocycles. The zero-order valence-corrected chi connectivity index (χ0v) is 12.3. The van der Waals surface area contributed by atoms with Crippen LogP contribution in [0.15, 0.2) is 4.99 Å². The lowest BCUT2D eigenvalue weighted by molar-refractivity contribution is -0.136. The lowest BCUT2D eigenvalue weighted by atomic mass is 10.1. The van der Waals surface area contributed by atoms with E-state index < -0.39 is 18.2 Å². The molecule has 3 amide bonds. The van der Waals surface area contributed by atoms with Crippen molar-refractivity contribution in [1.82, 2.24) is 14.7 Å². The van der Waals surface area contributed by atoms with Gasteiger partial charge in [0, 0.05) is 14.1 Å². The van der Waals surface area contributed by atoms with Crippen LogP contribution in [0.3, 0.4) is 0 Å². The van der Waals surface area contributed by atoms with E-state index in [1.165, 1.54) is 18.9 Å². The zero-order valence-electron chi connectivity index (χ0n) is 10.8. The lowest BCUT2D eigenvalue weighted by Gasteiger charge is -2.39. The fraction of sp³-hybridized carbons (Fsp3) is 0.600. The lowest BCUT2D eigenvalue weighted by Crippen LogP contribution is -2.64. The summed E-state index contributed by atoms with van der Waals surface area (Å²) in [5.41, 5.74) is 0. The molecule has 0 saturated carbocycles. The maximum absolute atomic E-state index is 12.1. The van der Waals surface area contributed by atoms with Gasteiger partial charge in [0.25, 0.3) is 5.91 Å². The van der Waals surface area contributed by atoms with E-state index in [9.17, 15) is 14.4 Å². The Morgan fingerprint density at radius 3 is 2.47 bits per heavy atom. The van der Waals surface area contributed by atoms with Crippen LogP contribution in [0.2, 0.25) is 0 Å². The van der Waals surface area contributed by atoms with Crippen molar-refractivity contribution >= 4 is 38.4 Å². The number of carbonyl (C=O) groups excluding carboxylic acids is 3. The molecule has 2 unspecified atom stereocenters. The smallest absolute Gasteiger partial charge is 0.328 e. The second-order valence-corrected chi connectivity index (χ2v) is 5.09. The van der Waals surface area contributed by atoms with Gasteiger partial charge in [0.05, 0.1) is 6.54 Å². The number of amides is 3. The Hall–Kier alpha value is -1.48. The molecular formula is C10H15BrN4O4. The monoisotopic (exact) mass is 334 g/mol. The molecule has 8 nitrogen and oxygen atoms in total. The van der Waals surface area contributed by atoms with E-state index in [-0.39, 0.29) is 23.7 Å². The zero-order chi connectivity index (χ0) is 13.6. The number of urea groups is 1. The molecule has 2 N–H and O–H groups in total. The van der Waals surface area contributed by atoms with Crippen LogP contribution in [0.1, 0.15) is 6.92 Å². The van der Waals surface area contributed by atoms with E-state index in [1.54, 1.807) is 11.9 Å². The molecule has 0 aromatic rings. The van der Waals surface area contributed by atoms with Crippen LogP contribution in [0.5, 0.6) is 0 Å². The minimum absolute atomic E-state index is 0. The van der Waals surface area contributed by atoms with E-state index in [0.29, 0.717) is 4.74 Å². The van der Waals surface area contributed by atoms with Crippen LogP contribution in [0.25, 0.3) is 0 Å². The third-order valence-electron chi connectivity index (χ3n) is 3.06. The summed E-state index contributed by atoms with van der Waals surface area (Å²) in [7, 11) is 3.01. The van der Waals surface area contributed by atoms with Crippen molar-refractivity contribution in [3.05, 3.63) is 0 Å². The molecule has 0 spiro atoms. The van der Waals surface area contributed by atoms with E-state index in [2.05, 4.69) is 20.9 Å². The maximum Gasteiger partial charge on any atom is 0.328 e. The fourth-order valence-corrected chi connectivity index (χ4v) is 2.69. The third-order valence-corrected chi connectivity index (χ3v) is 3.72. The Labute approximate surface area is 118 Å². The summed E-state index contributed by atoms with van der Waals surface area (Å²) in [4.78, 5) is 43.4. The summed E-state index contributed by atoms with van der Waals surface area (Å²) in [5, 5.41) is 0. The van der Waals surface area contributed by atoms with E-state index in [0.717, 1.165) is 4.90 Å². The van der Waals surface area contributed by atoms with Gasteiger partial charge in [-0.25, -0.2) is 9.79 Å². The van der Waals surface area contributed by atoms with Gasteiger partial charge in [-0.15, -0.1) is 0 Å². The number of imide groups is 1. The molecule has 0 aromatic heterocycles. The number of likely N-dealkylation sites (N-methyl/N-ethyl adjacent to an activating group) is 2. The Kier molecular flexibility index (Phi) is 4.31. The maximum atomic E-state index is 12.1. The molecule has 2 atom stereocenters. The Bertz CT molecular complexity index is 466. The molecule has 0 bridgehead atoms. The number of aliphatic imine (C=N–C) groups is 1. The molecular weight excluding hydrogens is 320 g/mol. The van der Waals surface area contributed by atoms with Gasteiger partial charge >= 0.3 is 6.03 Å². The molecule has 9 heteroatoms. The number of hydrogen-bond donors (Lipinski definition) is 0. The summed E-state index contributed by atoms with van der Waals surface area (Å²) in [6, 6.07) is -1.02. The van der Waals surface area contributed by atoms with Gasteiger partial charge in [0.1, 0.15) is 5.78 Å². The fourth-order valence-electron chi connectivity index (χ4n) is 2.13. The number of amidine groups is 1. The van der Waals surface area contributed by atoms with E-state index in [1.807, 2.05) is 0 Å². The first kappa shape index (κ1) is 15.6. The predicted octanol–water partition coefficient (Wildman–Crippen LogP) is -0.964. The number of fused-ring (bicyclic) bond motifs is 1. The summed E-state index contributed by atoms with van der Waals surface area (Å²) < 4.78 is 0.427. The first-order valence-corrected chi connectivity index (χ1v) is 6.17. The van der Waals surface area contributed by atoms with Gasteiger partial charge in [-0.3, -0.25) is 14.5 Å². The first-order valence-electron chi connectivity index (χ1n) is 5.38. The quantitative estimate of drug-likeness (QED) is 0.606. The summed E-state index contributed by atoms with van der Waals surface area (Å²) in [6.45, 7) is 1.53. The van der Waals surface area contributed by atoms with Crippen molar-refractivity contribution in [2.75, 3.05) is 20.6 Å². The van der Waals surface area contributed by atoms with Gasteiger partial charge < -0.3 is 15.3 Å². The van der Waals surface area contributed by atoms with E-state index >= 15 is 0 Å². The Morgan fingerprint density at radius 1 is 1.37 bits per heavy atom. The van der Waals surface area contributed by atoms with Crippen molar-refractivity contribution in [3.63, 3.8) is 0 Å². The number of hydrogen-bond acceptors (Lipinski definition) is 5. The van der Waals surface area contributed by atoms with Crippen molar-refractivity contribution in [3.8, 4) is 0 Å². The summed E-state index contributed by atoms with van der Waals surface area (Å²) in [5.74, 6) is -0.416. The van der Waals surface area contributed by atoms with Gasteiger partial charge in [0.2, 0.25) is 0 Å². The summed E-state index contributed by atoms with van der Waals surface area (Å²) >= 11 is 3.23. The van der Waals surface area contributed by atoms with Crippen LogP contribution >= 0.6 is 15.9 Å². The highest BCUT2D eigenvalue weighted by Gasteiger charge is 2.50. The predicted molar refractivity (Wildman–Crippen MR) is 70.9 cm³/mol. The highest BCUT2D eigenvalue weighted by Crippen LogP contribution is 2.28. The van der Waals surface area contributed by atoms with Crippen LogP contribution in [0, 0.1) is 0 Å². The molecule has 0 aliphatic carbocycles. The molecule has 2 aliphatic rings. The van der Waals surface area contributed by atoms with Gasteiger partial charge in [-0.2, -0.15) is 0 Å². The number of ketones is 1. The molecule has 106 valence electrons. The molecule has 2 heterocycles. The Morgan fingerprint density at radius 2 is 1.95 bits per heavy atom. The van der Waals surface area contributed by atoms with Crippen molar-refractivity contribution in [2.45, 2.75) is 19.1 Å². The minimum Gasteiger partial charge on any atom is -0.412 e. The minimum atomic E-state index is -0.629. The number of nitrogens with zero attached hydrogens (tertiary/aromatic N) is 4. The topological polar surface area (TPSA) is 105 Å². The number of halogens is 1. The standard InChI is InChI=1S/C10H13BrN4O3.H2O/c1-5(16)4-15-6-7(12-9(15)11)13(2)10(18)14(3)8(6)17;/h6-7H,4H2,1-3H3;1H2. The summed E-state index contributed by atoms with van der Waals surface area (Å²) in [6.07, 6.45) is -0.574. The van der Waals surface area contributed by atoms with Gasteiger partial charge in [-0.05, 0) is 22.9 Å². The SMILES string of the molecule is CC(=O)CN1C(Br)=NC2C1C(=O)N(C)C(=O)N2C.O.